The van der Waals surface area contributed by atoms with Crippen LogP contribution in [-0.2, 0) is 32.0 Å². The van der Waals surface area contributed by atoms with E-state index in [2.05, 4.69) is 51.2 Å². The molecule has 14 heteroatoms. The van der Waals surface area contributed by atoms with Gasteiger partial charge in [0.2, 0.25) is 17.7 Å². The average molecular weight is 525 g/mol. The van der Waals surface area contributed by atoms with Crippen molar-refractivity contribution in [1.29, 1.82) is 0 Å². The second kappa shape index (κ2) is 13.6. The molecule has 4 atom stereocenters. The first-order valence-electron chi connectivity index (χ1n) is 10.5. The maximum atomic E-state index is 13.1. The van der Waals surface area contributed by atoms with Crippen LogP contribution in [0, 0.1) is 0 Å². The third kappa shape index (κ3) is 8.81. The Morgan fingerprint density at radius 3 is 2.06 bits per heavy atom. The summed E-state index contributed by atoms with van der Waals surface area (Å²) < 4.78 is 0. The zero-order valence-electron chi connectivity index (χ0n) is 18.5. The normalized spacial score (nSPS) is 14.3. The summed E-state index contributed by atoms with van der Waals surface area (Å²) in [5, 5.41) is 26.5. The molecule has 0 saturated heterocycles. The van der Waals surface area contributed by atoms with Crippen molar-refractivity contribution in [1.82, 2.24) is 25.9 Å². The molecule has 0 aliphatic heterocycles. The Balaban J connectivity index is 2.20. The molecule has 4 unspecified atom stereocenters. The highest BCUT2D eigenvalue weighted by molar-refractivity contribution is 7.80. The number of nitrogens with zero attached hydrogens (tertiary/aromatic N) is 1. The van der Waals surface area contributed by atoms with Crippen molar-refractivity contribution >= 4 is 48.9 Å². The molecule has 2 aromatic rings. The summed E-state index contributed by atoms with van der Waals surface area (Å²) in [5.41, 5.74) is 6.72. The van der Waals surface area contributed by atoms with E-state index in [4.69, 9.17) is 5.73 Å². The van der Waals surface area contributed by atoms with Gasteiger partial charge in [0.15, 0.2) is 0 Å². The molecule has 1 aromatic carbocycles. The van der Waals surface area contributed by atoms with Crippen molar-refractivity contribution in [3.05, 3.63) is 48.0 Å². The predicted octanol–water partition coefficient (Wildman–Crippen LogP) is -1.37. The first-order valence-corrected chi connectivity index (χ1v) is 11.8. The smallest absolute Gasteiger partial charge is 0.326 e. The highest BCUT2D eigenvalue weighted by atomic mass is 32.1. The van der Waals surface area contributed by atoms with Gasteiger partial charge in [0.1, 0.15) is 23.9 Å². The topological polar surface area (TPSA) is 200 Å². The standard InChI is InChI=1S/C21H28N6O6S2/c22-14(8-34)18(29)27-17(9-35)20(31)25-15(5-11-1-3-13(28)4-2-11)19(30)26-16(21(32)33)6-12-7-23-10-24-12/h1-4,7,10,14-17,28,34-35H,5-6,8-9,22H2,(H,23,24)(H,25,31)(H,26,30)(H,27,29)(H,32,33). The molecule has 35 heavy (non-hydrogen) atoms. The van der Waals surface area contributed by atoms with E-state index in [1.54, 1.807) is 12.1 Å². The number of aromatic amines is 1. The van der Waals surface area contributed by atoms with E-state index in [0.717, 1.165) is 0 Å². The summed E-state index contributed by atoms with van der Waals surface area (Å²) in [4.78, 5) is 56.4. The van der Waals surface area contributed by atoms with Gasteiger partial charge in [-0.1, -0.05) is 12.1 Å². The van der Waals surface area contributed by atoms with E-state index in [0.29, 0.717) is 11.3 Å². The van der Waals surface area contributed by atoms with Crippen LogP contribution in [0.2, 0.25) is 0 Å². The molecular weight excluding hydrogens is 496 g/mol. The zero-order chi connectivity index (χ0) is 26.0. The number of H-pyrrole nitrogens is 1. The van der Waals surface area contributed by atoms with Crippen molar-refractivity contribution in [2.45, 2.75) is 37.0 Å². The lowest BCUT2D eigenvalue weighted by molar-refractivity contribution is -0.142. The number of nitrogens with one attached hydrogen (secondary N) is 4. The lowest BCUT2D eigenvalue weighted by Crippen LogP contribution is -2.58. The first kappa shape index (κ1) is 28.0. The summed E-state index contributed by atoms with van der Waals surface area (Å²) in [6.07, 6.45) is 2.75. The molecule has 1 aromatic heterocycles. The number of carboxylic acid groups (broad SMARTS) is 1. The molecule has 0 aliphatic carbocycles. The quantitative estimate of drug-likeness (QED) is 0.143. The van der Waals surface area contributed by atoms with Gasteiger partial charge in [-0.05, 0) is 17.7 Å². The average Bonchev–Trinajstić information content (AvgIpc) is 3.35. The van der Waals surface area contributed by atoms with E-state index < -0.39 is 47.9 Å². The predicted molar refractivity (Wildman–Crippen MR) is 133 cm³/mol. The highest BCUT2D eigenvalue weighted by Gasteiger charge is 2.30. The Morgan fingerprint density at radius 2 is 1.51 bits per heavy atom. The monoisotopic (exact) mass is 524 g/mol. The third-order valence-electron chi connectivity index (χ3n) is 4.95. The molecule has 0 fully saturated rings. The highest BCUT2D eigenvalue weighted by Crippen LogP contribution is 2.12. The number of phenols is 1. The number of rotatable bonds is 13. The number of nitrogens with two attached hydrogens (primary N) is 1. The van der Waals surface area contributed by atoms with E-state index in [1.807, 2.05) is 0 Å². The Morgan fingerprint density at radius 1 is 0.914 bits per heavy atom. The second-order valence-electron chi connectivity index (χ2n) is 7.64. The molecule has 0 radical (unpaired) electrons. The van der Waals surface area contributed by atoms with Crippen LogP contribution in [0.15, 0.2) is 36.8 Å². The van der Waals surface area contributed by atoms with Crippen molar-refractivity contribution in [3.63, 3.8) is 0 Å². The number of hydrogen-bond acceptors (Lipinski definition) is 9. The number of aromatic nitrogens is 2. The molecule has 0 spiro atoms. The van der Waals surface area contributed by atoms with Gasteiger partial charge in [-0.3, -0.25) is 14.4 Å². The number of aliphatic carboxylic acids is 1. The van der Waals surface area contributed by atoms with Crippen LogP contribution in [0.4, 0.5) is 0 Å². The fourth-order valence-electron chi connectivity index (χ4n) is 2.99. The molecule has 8 N–H and O–H groups in total. The van der Waals surface area contributed by atoms with Gasteiger partial charge in [-0.15, -0.1) is 0 Å². The Kier molecular flexibility index (Phi) is 10.9. The minimum Gasteiger partial charge on any atom is -0.508 e. The van der Waals surface area contributed by atoms with Gasteiger partial charge in [0.05, 0.1) is 12.4 Å². The fraction of sp³-hybridized carbons (Fsp3) is 0.381. The summed E-state index contributed by atoms with van der Waals surface area (Å²) >= 11 is 8.05. The van der Waals surface area contributed by atoms with E-state index in [9.17, 15) is 29.4 Å². The maximum absolute atomic E-state index is 13.1. The Labute approximate surface area is 212 Å². The SMILES string of the molecule is NC(CS)C(=O)NC(CS)C(=O)NC(Cc1ccc(O)cc1)C(=O)NC(Cc1cnc[nH]1)C(=O)O. The minimum atomic E-state index is -1.30. The van der Waals surface area contributed by atoms with Gasteiger partial charge in [-0.25, -0.2) is 9.78 Å². The number of carbonyl (C=O) groups is 4. The summed E-state index contributed by atoms with van der Waals surface area (Å²) in [6.45, 7) is 0. The van der Waals surface area contributed by atoms with Crippen LogP contribution in [0.5, 0.6) is 5.75 Å². The number of amides is 3. The zero-order valence-corrected chi connectivity index (χ0v) is 20.3. The molecule has 1 heterocycles. The number of phenolic OH excluding ortho intramolecular Hbond substituents is 1. The van der Waals surface area contributed by atoms with Crippen molar-refractivity contribution in [2.75, 3.05) is 11.5 Å². The summed E-state index contributed by atoms with van der Waals surface area (Å²) in [5.74, 6) is -3.35. The maximum Gasteiger partial charge on any atom is 0.326 e. The lowest BCUT2D eigenvalue weighted by atomic mass is 10.0. The van der Waals surface area contributed by atoms with Crippen molar-refractivity contribution in [2.24, 2.45) is 5.73 Å². The van der Waals surface area contributed by atoms with Crippen LogP contribution >= 0.6 is 25.3 Å². The third-order valence-corrected chi connectivity index (χ3v) is 5.71. The largest absolute Gasteiger partial charge is 0.508 e. The molecular formula is C21H28N6O6S2. The van der Waals surface area contributed by atoms with Crippen LogP contribution < -0.4 is 21.7 Å². The number of carboxylic acids is 1. The van der Waals surface area contributed by atoms with Gasteiger partial charge in [0.25, 0.3) is 0 Å². The molecule has 0 bridgehead atoms. The van der Waals surface area contributed by atoms with E-state index >= 15 is 0 Å². The number of hydrogen-bond donors (Lipinski definition) is 9. The molecule has 2 rings (SSSR count). The van der Waals surface area contributed by atoms with Crippen LogP contribution in [0.25, 0.3) is 0 Å². The Hall–Kier alpha value is -3.23. The van der Waals surface area contributed by atoms with Crippen LogP contribution in [-0.4, -0.2) is 79.5 Å². The molecule has 0 saturated carbocycles. The molecule has 3 amide bonds. The summed E-state index contributed by atoms with van der Waals surface area (Å²) in [7, 11) is 0. The Bertz CT molecular complexity index is 1000. The number of imidazole rings is 1. The lowest BCUT2D eigenvalue weighted by Gasteiger charge is -2.24. The molecule has 0 aliphatic rings. The van der Waals surface area contributed by atoms with Crippen LogP contribution in [0.1, 0.15) is 11.3 Å². The second-order valence-corrected chi connectivity index (χ2v) is 8.38. The molecule has 12 nitrogen and oxygen atoms in total. The van der Waals surface area contributed by atoms with Crippen molar-refractivity contribution < 1.29 is 29.4 Å². The van der Waals surface area contributed by atoms with E-state index in [1.165, 1.54) is 24.7 Å². The van der Waals surface area contributed by atoms with E-state index in [-0.39, 0.29) is 30.1 Å². The number of aromatic hydroxyl groups is 1. The molecule has 190 valence electrons. The van der Waals surface area contributed by atoms with Crippen LogP contribution in [0.3, 0.4) is 0 Å². The van der Waals surface area contributed by atoms with Gasteiger partial charge in [0, 0.05) is 36.2 Å². The van der Waals surface area contributed by atoms with Gasteiger partial charge < -0.3 is 36.9 Å². The fourth-order valence-corrected chi connectivity index (χ4v) is 3.42. The minimum absolute atomic E-state index is 0.0162. The number of thiol groups is 2. The number of benzene rings is 1. The van der Waals surface area contributed by atoms with Gasteiger partial charge in [-0.2, -0.15) is 25.3 Å². The van der Waals surface area contributed by atoms with Gasteiger partial charge >= 0.3 is 5.97 Å². The first-order chi connectivity index (χ1) is 16.6. The summed E-state index contributed by atoms with van der Waals surface area (Å²) in [6, 6.07) is 1.41. The number of carbonyl (C=O) groups excluding carboxylic acids is 3. The van der Waals surface area contributed by atoms with Crippen molar-refractivity contribution in [3.8, 4) is 5.75 Å².